The maximum atomic E-state index is 12.2. The Morgan fingerprint density at radius 3 is 2.32 bits per heavy atom. The van der Waals surface area contributed by atoms with E-state index in [1.54, 1.807) is 19.2 Å². The Balaban J connectivity index is 1.51. The molecule has 1 amide bonds. The second-order valence-electron chi connectivity index (χ2n) is 7.04. The van der Waals surface area contributed by atoms with Crippen molar-refractivity contribution < 1.29 is 14.5 Å². The van der Waals surface area contributed by atoms with Gasteiger partial charge in [-0.25, -0.2) is 5.43 Å². The Hall–Kier alpha value is -4.26. The molecule has 7 heteroatoms. The SMILES string of the molecule is Cc1ccc(OCC(=O)N/N=C/c2c3ccccc3cc3ccccc23)c([N+](=O)[O-])c1. The summed E-state index contributed by atoms with van der Waals surface area (Å²) >= 11 is 0. The summed E-state index contributed by atoms with van der Waals surface area (Å²) in [6, 6.07) is 22.6. The molecule has 0 fully saturated rings. The molecule has 0 spiro atoms. The van der Waals surface area contributed by atoms with Gasteiger partial charge in [-0.15, -0.1) is 0 Å². The van der Waals surface area contributed by atoms with E-state index in [2.05, 4.69) is 16.6 Å². The van der Waals surface area contributed by atoms with Gasteiger partial charge in [0.15, 0.2) is 12.4 Å². The first-order valence-corrected chi connectivity index (χ1v) is 9.63. The van der Waals surface area contributed by atoms with Crippen LogP contribution in [0.15, 0.2) is 77.9 Å². The molecule has 1 N–H and O–H groups in total. The second kappa shape index (κ2) is 8.62. The number of benzene rings is 4. The lowest BCUT2D eigenvalue weighted by atomic mass is 9.97. The van der Waals surface area contributed by atoms with E-state index in [-0.39, 0.29) is 11.4 Å². The first-order chi connectivity index (χ1) is 15.0. The van der Waals surface area contributed by atoms with Crippen molar-refractivity contribution in [2.24, 2.45) is 5.10 Å². The van der Waals surface area contributed by atoms with Crippen LogP contribution in [0.5, 0.6) is 5.75 Å². The number of amides is 1. The van der Waals surface area contributed by atoms with Gasteiger partial charge in [0.2, 0.25) is 0 Å². The van der Waals surface area contributed by atoms with E-state index in [0.717, 1.165) is 32.7 Å². The minimum atomic E-state index is -0.538. The Labute approximate surface area is 178 Å². The van der Waals surface area contributed by atoms with Gasteiger partial charge in [-0.1, -0.05) is 54.6 Å². The van der Waals surface area contributed by atoms with E-state index in [4.69, 9.17) is 4.74 Å². The van der Waals surface area contributed by atoms with Gasteiger partial charge in [0, 0.05) is 11.6 Å². The molecular weight excluding hydrogens is 394 g/mol. The van der Waals surface area contributed by atoms with Crippen LogP contribution >= 0.6 is 0 Å². The average molecular weight is 413 g/mol. The minimum Gasteiger partial charge on any atom is -0.477 e. The summed E-state index contributed by atoms with van der Waals surface area (Å²) in [5.41, 5.74) is 3.87. The number of nitro benzene ring substituents is 1. The largest absolute Gasteiger partial charge is 0.477 e. The summed E-state index contributed by atoms with van der Waals surface area (Å²) in [6.45, 7) is 1.35. The highest BCUT2D eigenvalue weighted by Crippen LogP contribution is 2.28. The number of rotatable bonds is 6. The van der Waals surface area contributed by atoms with E-state index in [1.807, 2.05) is 48.5 Å². The van der Waals surface area contributed by atoms with Crippen LogP contribution in [0.3, 0.4) is 0 Å². The maximum Gasteiger partial charge on any atom is 0.311 e. The first kappa shape index (κ1) is 20.0. The van der Waals surface area contributed by atoms with Crippen LogP contribution in [-0.2, 0) is 4.79 Å². The Kier molecular flexibility index (Phi) is 5.57. The number of hydrogen-bond donors (Lipinski definition) is 1. The minimum absolute atomic E-state index is 0.0368. The van der Waals surface area contributed by atoms with Crippen molar-refractivity contribution >= 4 is 39.4 Å². The fraction of sp³-hybridized carbons (Fsp3) is 0.0833. The Morgan fingerprint density at radius 1 is 1.03 bits per heavy atom. The Morgan fingerprint density at radius 2 is 1.68 bits per heavy atom. The van der Waals surface area contributed by atoms with Crippen LogP contribution in [0.25, 0.3) is 21.5 Å². The molecule has 0 aromatic heterocycles. The molecule has 0 bridgehead atoms. The highest BCUT2D eigenvalue weighted by Gasteiger charge is 2.16. The van der Waals surface area contributed by atoms with E-state index >= 15 is 0 Å². The van der Waals surface area contributed by atoms with Crippen molar-refractivity contribution in [2.45, 2.75) is 6.92 Å². The molecule has 0 unspecified atom stereocenters. The van der Waals surface area contributed by atoms with Crippen molar-refractivity contribution in [3.63, 3.8) is 0 Å². The summed E-state index contributed by atoms with van der Waals surface area (Å²) in [5.74, 6) is -0.481. The highest BCUT2D eigenvalue weighted by molar-refractivity contribution is 6.13. The first-order valence-electron chi connectivity index (χ1n) is 9.63. The molecule has 0 saturated heterocycles. The topological polar surface area (TPSA) is 93.8 Å². The number of nitrogens with one attached hydrogen (secondary N) is 1. The number of ether oxygens (including phenoxy) is 1. The summed E-state index contributed by atoms with van der Waals surface area (Å²) < 4.78 is 5.33. The van der Waals surface area contributed by atoms with Gasteiger partial charge in [-0.2, -0.15) is 5.10 Å². The van der Waals surface area contributed by atoms with Crippen molar-refractivity contribution in [2.75, 3.05) is 6.61 Å². The number of nitro groups is 1. The second-order valence-corrected chi connectivity index (χ2v) is 7.04. The molecule has 4 aromatic rings. The van der Waals surface area contributed by atoms with Crippen LogP contribution in [0, 0.1) is 17.0 Å². The molecule has 4 aromatic carbocycles. The Bertz CT molecular complexity index is 1280. The molecule has 0 aliphatic carbocycles. The monoisotopic (exact) mass is 413 g/mol. The van der Waals surface area contributed by atoms with Crippen molar-refractivity contribution in [1.29, 1.82) is 0 Å². The van der Waals surface area contributed by atoms with E-state index in [1.165, 1.54) is 12.1 Å². The quantitative estimate of drug-likeness (QED) is 0.214. The number of carbonyl (C=O) groups is 1. The van der Waals surface area contributed by atoms with Gasteiger partial charge < -0.3 is 4.74 Å². The van der Waals surface area contributed by atoms with Crippen LogP contribution < -0.4 is 10.2 Å². The molecule has 154 valence electrons. The molecule has 0 saturated carbocycles. The summed E-state index contributed by atoms with van der Waals surface area (Å²) in [4.78, 5) is 22.8. The number of hydrogen-bond acceptors (Lipinski definition) is 5. The molecule has 0 heterocycles. The zero-order valence-corrected chi connectivity index (χ0v) is 16.7. The number of carbonyl (C=O) groups excluding carboxylic acids is 1. The van der Waals surface area contributed by atoms with Crippen LogP contribution in [0.2, 0.25) is 0 Å². The highest BCUT2D eigenvalue weighted by atomic mass is 16.6. The third-order valence-electron chi connectivity index (χ3n) is 4.87. The van der Waals surface area contributed by atoms with Gasteiger partial charge in [0.1, 0.15) is 0 Å². The van der Waals surface area contributed by atoms with Crippen molar-refractivity contribution in [1.82, 2.24) is 5.43 Å². The lowest BCUT2D eigenvalue weighted by Gasteiger charge is -2.08. The van der Waals surface area contributed by atoms with E-state index < -0.39 is 17.4 Å². The maximum absolute atomic E-state index is 12.2. The van der Waals surface area contributed by atoms with Crippen molar-refractivity contribution in [3.8, 4) is 5.75 Å². The molecular formula is C24H19N3O4. The molecule has 7 nitrogen and oxygen atoms in total. The molecule has 0 atom stereocenters. The van der Waals surface area contributed by atoms with Crippen LogP contribution in [0.1, 0.15) is 11.1 Å². The third kappa shape index (κ3) is 4.35. The number of nitrogens with zero attached hydrogens (tertiary/aromatic N) is 2. The molecule has 0 aliphatic heterocycles. The van der Waals surface area contributed by atoms with Gasteiger partial charge in [0.25, 0.3) is 5.91 Å². The predicted molar refractivity (Wildman–Crippen MR) is 121 cm³/mol. The van der Waals surface area contributed by atoms with Gasteiger partial charge in [-0.3, -0.25) is 14.9 Å². The molecule has 31 heavy (non-hydrogen) atoms. The van der Waals surface area contributed by atoms with Crippen LogP contribution in [0.4, 0.5) is 5.69 Å². The lowest BCUT2D eigenvalue weighted by molar-refractivity contribution is -0.385. The van der Waals surface area contributed by atoms with Gasteiger partial charge >= 0.3 is 5.69 Å². The number of fused-ring (bicyclic) bond motifs is 2. The number of hydrazone groups is 1. The van der Waals surface area contributed by atoms with E-state index in [9.17, 15) is 14.9 Å². The standard InChI is InChI=1S/C24H19N3O4/c1-16-10-11-23(22(12-16)27(29)30)31-15-24(28)26-25-14-21-19-8-4-2-6-17(19)13-18-7-3-5-9-20(18)21/h2-14H,15H2,1H3,(H,26,28)/b25-14+. The van der Waals surface area contributed by atoms with Crippen molar-refractivity contribution in [3.05, 3.63) is 94.0 Å². The predicted octanol–water partition coefficient (Wildman–Crippen LogP) is 4.74. The smallest absolute Gasteiger partial charge is 0.311 e. The lowest BCUT2D eigenvalue weighted by Crippen LogP contribution is -2.24. The normalized spacial score (nSPS) is 11.1. The molecule has 4 rings (SSSR count). The fourth-order valence-electron chi connectivity index (χ4n) is 3.42. The molecule has 0 aliphatic rings. The number of aryl methyl sites for hydroxylation is 1. The third-order valence-corrected chi connectivity index (χ3v) is 4.87. The van der Waals surface area contributed by atoms with Crippen LogP contribution in [-0.4, -0.2) is 23.7 Å². The summed E-state index contributed by atoms with van der Waals surface area (Å²) in [6.07, 6.45) is 1.61. The summed E-state index contributed by atoms with van der Waals surface area (Å²) in [5, 5.41) is 19.4. The fourth-order valence-corrected chi connectivity index (χ4v) is 3.42. The van der Waals surface area contributed by atoms with Gasteiger partial charge in [0.05, 0.1) is 11.1 Å². The molecule has 0 radical (unpaired) electrons. The van der Waals surface area contributed by atoms with Gasteiger partial charge in [-0.05, 0) is 46.2 Å². The zero-order valence-electron chi connectivity index (χ0n) is 16.7. The zero-order chi connectivity index (χ0) is 21.8. The summed E-state index contributed by atoms with van der Waals surface area (Å²) in [7, 11) is 0. The average Bonchev–Trinajstić information content (AvgIpc) is 2.77. The van der Waals surface area contributed by atoms with E-state index in [0.29, 0.717) is 0 Å².